The van der Waals surface area contributed by atoms with Crippen molar-refractivity contribution < 1.29 is 18.7 Å². The molecule has 0 aliphatic carbocycles. The minimum Gasteiger partial charge on any atom is -0.475 e. The zero-order valence-corrected chi connectivity index (χ0v) is 10.7. The summed E-state index contributed by atoms with van der Waals surface area (Å²) in [6.07, 6.45) is 0. The lowest BCUT2D eigenvalue weighted by Crippen LogP contribution is -1.99. The monoisotopic (exact) mass is 263 g/mol. The minimum absolute atomic E-state index is 0.0628. The summed E-state index contributed by atoms with van der Waals surface area (Å²) in [4.78, 5) is 10.8. The van der Waals surface area contributed by atoms with Crippen LogP contribution in [0, 0.1) is 19.7 Å². The van der Waals surface area contributed by atoms with Crippen molar-refractivity contribution in [2.45, 2.75) is 20.4 Å². The molecular formula is C14H14FNO3. The lowest BCUT2D eigenvalue weighted by Gasteiger charge is -2.05. The van der Waals surface area contributed by atoms with Crippen LogP contribution in [-0.2, 0) is 6.54 Å². The first-order chi connectivity index (χ1) is 8.95. The van der Waals surface area contributed by atoms with Gasteiger partial charge in [-0.25, -0.2) is 9.18 Å². The van der Waals surface area contributed by atoms with E-state index in [1.54, 1.807) is 26.0 Å². The molecule has 1 heterocycles. The average molecular weight is 263 g/mol. The summed E-state index contributed by atoms with van der Waals surface area (Å²) in [6.45, 7) is 3.77. The average Bonchev–Trinajstić information content (AvgIpc) is 2.67. The molecule has 5 heteroatoms. The molecule has 0 unspecified atom stereocenters. The molecule has 19 heavy (non-hydrogen) atoms. The van der Waals surface area contributed by atoms with E-state index in [2.05, 4.69) is 5.32 Å². The Labute approximate surface area is 109 Å². The molecule has 2 N–H and O–H groups in total. The van der Waals surface area contributed by atoms with Gasteiger partial charge in [0.25, 0.3) is 0 Å². The predicted molar refractivity (Wildman–Crippen MR) is 68.9 cm³/mol. The molecule has 0 radical (unpaired) electrons. The number of aryl methyl sites for hydroxylation is 2. The van der Waals surface area contributed by atoms with Crippen molar-refractivity contribution in [3.05, 3.63) is 52.7 Å². The number of hydrogen-bond donors (Lipinski definition) is 2. The summed E-state index contributed by atoms with van der Waals surface area (Å²) in [5, 5.41) is 11.9. The Morgan fingerprint density at radius 2 is 2.05 bits per heavy atom. The van der Waals surface area contributed by atoms with Crippen LogP contribution < -0.4 is 5.32 Å². The minimum atomic E-state index is -1.09. The van der Waals surface area contributed by atoms with Crippen molar-refractivity contribution in [3.63, 3.8) is 0 Å². The first kappa shape index (κ1) is 13.1. The molecule has 0 saturated carbocycles. The largest absolute Gasteiger partial charge is 0.475 e. The van der Waals surface area contributed by atoms with Gasteiger partial charge in [0, 0.05) is 11.3 Å². The van der Waals surface area contributed by atoms with Gasteiger partial charge in [-0.05, 0) is 43.7 Å². The SMILES string of the molecule is Cc1cc(F)cc(NCc2cc(C)c(C(=O)O)o2)c1. The van der Waals surface area contributed by atoms with Crippen LogP contribution >= 0.6 is 0 Å². The van der Waals surface area contributed by atoms with E-state index >= 15 is 0 Å². The molecule has 2 aromatic rings. The van der Waals surface area contributed by atoms with Crippen LogP contribution in [0.15, 0.2) is 28.7 Å². The van der Waals surface area contributed by atoms with E-state index in [-0.39, 0.29) is 11.6 Å². The normalized spacial score (nSPS) is 10.5. The molecule has 0 aliphatic heterocycles. The van der Waals surface area contributed by atoms with Crippen molar-refractivity contribution in [1.82, 2.24) is 0 Å². The van der Waals surface area contributed by atoms with Crippen molar-refractivity contribution in [2.75, 3.05) is 5.32 Å². The van der Waals surface area contributed by atoms with E-state index in [9.17, 15) is 9.18 Å². The van der Waals surface area contributed by atoms with E-state index in [1.807, 2.05) is 0 Å². The number of carboxylic acids is 1. The fourth-order valence-corrected chi connectivity index (χ4v) is 1.88. The van der Waals surface area contributed by atoms with Gasteiger partial charge in [-0.2, -0.15) is 0 Å². The standard InChI is InChI=1S/C14H14FNO3/c1-8-3-10(15)6-11(4-8)16-7-12-5-9(2)13(19-12)14(17)18/h3-6,16H,7H2,1-2H3,(H,17,18). The topological polar surface area (TPSA) is 62.5 Å². The summed E-state index contributed by atoms with van der Waals surface area (Å²) < 4.78 is 18.4. The number of carbonyl (C=O) groups is 1. The maximum Gasteiger partial charge on any atom is 0.372 e. The van der Waals surface area contributed by atoms with Crippen LogP contribution in [0.5, 0.6) is 0 Å². The zero-order valence-electron chi connectivity index (χ0n) is 10.7. The third-order valence-electron chi connectivity index (χ3n) is 2.67. The molecule has 0 aliphatic rings. The summed E-state index contributed by atoms with van der Waals surface area (Å²) >= 11 is 0. The van der Waals surface area contributed by atoms with Crippen LogP contribution in [0.1, 0.15) is 27.4 Å². The lowest BCUT2D eigenvalue weighted by molar-refractivity contribution is 0.0659. The van der Waals surface area contributed by atoms with E-state index in [0.717, 1.165) is 5.56 Å². The maximum absolute atomic E-state index is 13.2. The molecule has 1 aromatic carbocycles. The highest BCUT2D eigenvalue weighted by molar-refractivity contribution is 5.86. The summed E-state index contributed by atoms with van der Waals surface area (Å²) in [7, 11) is 0. The first-order valence-corrected chi connectivity index (χ1v) is 5.79. The number of furan rings is 1. The first-order valence-electron chi connectivity index (χ1n) is 5.79. The van der Waals surface area contributed by atoms with Crippen molar-refractivity contribution in [3.8, 4) is 0 Å². The summed E-state index contributed by atoms with van der Waals surface area (Å²) in [5.74, 6) is -0.973. The fourth-order valence-electron chi connectivity index (χ4n) is 1.88. The van der Waals surface area contributed by atoms with E-state index in [0.29, 0.717) is 23.6 Å². The van der Waals surface area contributed by atoms with E-state index < -0.39 is 5.97 Å². The molecule has 0 amide bonds. The molecule has 0 fully saturated rings. The third kappa shape index (κ3) is 3.13. The van der Waals surface area contributed by atoms with E-state index in [4.69, 9.17) is 9.52 Å². The Bertz CT molecular complexity index is 599. The Balaban J connectivity index is 2.10. The number of hydrogen-bond acceptors (Lipinski definition) is 3. The molecule has 0 saturated heterocycles. The molecular weight excluding hydrogens is 249 g/mol. The van der Waals surface area contributed by atoms with Crippen molar-refractivity contribution >= 4 is 11.7 Å². The Morgan fingerprint density at radius 3 is 2.63 bits per heavy atom. The lowest BCUT2D eigenvalue weighted by atomic mass is 10.2. The second-order valence-corrected chi connectivity index (χ2v) is 4.40. The number of aromatic carboxylic acids is 1. The number of halogens is 1. The highest BCUT2D eigenvalue weighted by atomic mass is 19.1. The number of anilines is 1. The van der Waals surface area contributed by atoms with Crippen LogP contribution in [0.2, 0.25) is 0 Å². The second kappa shape index (κ2) is 5.14. The zero-order chi connectivity index (χ0) is 14.0. The molecule has 1 aromatic heterocycles. The molecule has 0 atom stereocenters. The molecule has 100 valence electrons. The van der Waals surface area contributed by atoms with E-state index in [1.165, 1.54) is 12.1 Å². The molecule has 4 nitrogen and oxygen atoms in total. The third-order valence-corrected chi connectivity index (χ3v) is 2.67. The number of benzene rings is 1. The fraction of sp³-hybridized carbons (Fsp3) is 0.214. The van der Waals surface area contributed by atoms with Gasteiger partial charge in [-0.15, -0.1) is 0 Å². The molecule has 0 spiro atoms. The summed E-state index contributed by atoms with van der Waals surface area (Å²) in [6, 6.07) is 6.27. The highest BCUT2D eigenvalue weighted by Crippen LogP contribution is 2.18. The van der Waals surface area contributed by atoms with Crippen LogP contribution in [0.25, 0.3) is 0 Å². The number of carboxylic acid groups (broad SMARTS) is 1. The maximum atomic E-state index is 13.2. The van der Waals surface area contributed by atoms with Gasteiger partial charge in [0.15, 0.2) is 0 Å². The van der Waals surface area contributed by atoms with Crippen LogP contribution in [-0.4, -0.2) is 11.1 Å². The number of nitrogens with one attached hydrogen (secondary N) is 1. The Kier molecular flexibility index (Phi) is 3.55. The summed E-state index contributed by atoms with van der Waals surface area (Å²) in [5.41, 5.74) is 2.01. The van der Waals surface area contributed by atoms with Gasteiger partial charge in [0.2, 0.25) is 5.76 Å². The van der Waals surface area contributed by atoms with Gasteiger partial charge in [-0.1, -0.05) is 0 Å². The van der Waals surface area contributed by atoms with Gasteiger partial charge in [-0.3, -0.25) is 0 Å². The Hall–Kier alpha value is -2.30. The van der Waals surface area contributed by atoms with Gasteiger partial charge >= 0.3 is 5.97 Å². The van der Waals surface area contributed by atoms with Crippen LogP contribution in [0.3, 0.4) is 0 Å². The van der Waals surface area contributed by atoms with Gasteiger partial charge in [0.05, 0.1) is 6.54 Å². The molecule has 2 rings (SSSR count). The van der Waals surface area contributed by atoms with Gasteiger partial charge in [0.1, 0.15) is 11.6 Å². The van der Waals surface area contributed by atoms with Crippen molar-refractivity contribution in [2.24, 2.45) is 0 Å². The van der Waals surface area contributed by atoms with Gasteiger partial charge < -0.3 is 14.8 Å². The van der Waals surface area contributed by atoms with Crippen LogP contribution in [0.4, 0.5) is 10.1 Å². The quantitative estimate of drug-likeness (QED) is 0.888. The highest BCUT2D eigenvalue weighted by Gasteiger charge is 2.14. The predicted octanol–water partition coefficient (Wildman–Crippen LogP) is 3.35. The Morgan fingerprint density at radius 1 is 1.32 bits per heavy atom. The molecule has 0 bridgehead atoms. The van der Waals surface area contributed by atoms with Crippen molar-refractivity contribution in [1.29, 1.82) is 0 Å². The number of rotatable bonds is 4. The second-order valence-electron chi connectivity index (χ2n) is 4.40. The smallest absolute Gasteiger partial charge is 0.372 e.